The molecule has 0 unspecified atom stereocenters. The Hall–Kier alpha value is -2.30. The molecule has 2 aromatic rings. The Labute approximate surface area is 179 Å². The second-order valence-corrected chi connectivity index (χ2v) is 5.73. The molecule has 0 bridgehead atoms. The first-order valence-corrected chi connectivity index (χ1v) is 8.59. The molecule has 0 spiro atoms. The van der Waals surface area contributed by atoms with Gasteiger partial charge in [-0.1, -0.05) is 30.3 Å². The lowest BCUT2D eigenvalue weighted by Gasteiger charge is -2.15. The van der Waals surface area contributed by atoms with E-state index in [0.717, 1.165) is 5.56 Å². The van der Waals surface area contributed by atoms with Gasteiger partial charge in [-0.3, -0.25) is 0 Å². The zero-order valence-corrected chi connectivity index (χ0v) is 17.6. The van der Waals surface area contributed by atoms with Crippen LogP contribution in [0.4, 0.5) is 8.78 Å². The fraction of sp³-hybridized carbons (Fsp3) is 0.316. The lowest BCUT2D eigenvalue weighted by Crippen LogP contribution is -2.36. The Bertz CT molecular complexity index is 791. The number of halogens is 3. The molecule has 2 aromatic carbocycles. The van der Waals surface area contributed by atoms with Crippen LogP contribution in [0.2, 0.25) is 0 Å². The highest BCUT2D eigenvalue weighted by atomic mass is 127. The summed E-state index contributed by atoms with van der Waals surface area (Å²) < 4.78 is 40.6. The molecule has 0 fully saturated rings. The van der Waals surface area contributed by atoms with Gasteiger partial charge in [0.25, 0.3) is 0 Å². The summed E-state index contributed by atoms with van der Waals surface area (Å²) in [5, 5.41) is 6.26. The van der Waals surface area contributed by atoms with Crippen molar-refractivity contribution in [1.29, 1.82) is 0 Å². The molecule has 0 radical (unpaired) electrons. The zero-order valence-electron chi connectivity index (χ0n) is 15.3. The van der Waals surface area contributed by atoms with E-state index in [9.17, 15) is 8.78 Å². The first kappa shape index (κ1) is 22.0. The Morgan fingerprint density at radius 2 is 1.86 bits per heavy atom. The Balaban J connectivity index is 0.00000280. The van der Waals surface area contributed by atoms with E-state index in [-0.39, 0.29) is 43.1 Å². The van der Waals surface area contributed by atoms with Crippen molar-refractivity contribution in [3.05, 3.63) is 53.6 Å². The molecule has 1 heterocycles. The summed E-state index contributed by atoms with van der Waals surface area (Å²) in [5.41, 5.74) is 1.59. The van der Waals surface area contributed by atoms with E-state index < -0.39 is 6.61 Å². The highest BCUT2D eigenvalue weighted by molar-refractivity contribution is 14.0. The summed E-state index contributed by atoms with van der Waals surface area (Å²) in [6.45, 7) is 0.482. The summed E-state index contributed by atoms with van der Waals surface area (Å²) in [6, 6.07) is 12.9. The molecule has 0 amide bonds. The van der Waals surface area contributed by atoms with Gasteiger partial charge in [0.15, 0.2) is 17.5 Å². The van der Waals surface area contributed by atoms with Crippen molar-refractivity contribution in [2.45, 2.75) is 26.6 Å². The maximum Gasteiger partial charge on any atom is 0.387 e. The lowest BCUT2D eigenvalue weighted by atomic mass is 10.1. The first-order valence-electron chi connectivity index (χ1n) is 8.59. The minimum atomic E-state index is -2.93. The van der Waals surface area contributed by atoms with Gasteiger partial charge in [-0.15, -0.1) is 24.0 Å². The molecule has 3 rings (SSSR count). The highest BCUT2D eigenvalue weighted by Crippen LogP contribution is 2.38. The number of ether oxygens (including phenoxy) is 3. The van der Waals surface area contributed by atoms with Crippen LogP contribution in [-0.2, 0) is 13.1 Å². The largest absolute Gasteiger partial charge is 0.454 e. The predicted octanol–water partition coefficient (Wildman–Crippen LogP) is 3.89. The van der Waals surface area contributed by atoms with Gasteiger partial charge in [-0.2, -0.15) is 8.78 Å². The minimum absolute atomic E-state index is 0. The van der Waals surface area contributed by atoms with Crippen molar-refractivity contribution in [1.82, 2.24) is 10.6 Å². The van der Waals surface area contributed by atoms with E-state index in [0.29, 0.717) is 36.1 Å². The van der Waals surface area contributed by atoms with Crippen LogP contribution in [0.25, 0.3) is 0 Å². The average Bonchev–Trinajstić information content (AvgIpc) is 3.11. The second kappa shape index (κ2) is 10.9. The van der Waals surface area contributed by atoms with Crippen molar-refractivity contribution in [3.63, 3.8) is 0 Å². The number of aliphatic imine (C=N–C) groups is 1. The molecule has 1 aliphatic heterocycles. The van der Waals surface area contributed by atoms with Crippen LogP contribution < -0.4 is 24.8 Å². The summed E-state index contributed by atoms with van der Waals surface area (Å²) in [5.74, 6) is 1.50. The molecular weight excluding hydrogens is 483 g/mol. The van der Waals surface area contributed by atoms with Crippen LogP contribution in [0.3, 0.4) is 0 Å². The van der Waals surface area contributed by atoms with Crippen LogP contribution in [0, 0.1) is 0 Å². The molecule has 1 aliphatic rings. The van der Waals surface area contributed by atoms with E-state index in [4.69, 9.17) is 9.47 Å². The number of hydrogen-bond donors (Lipinski definition) is 2. The number of fused-ring (bicyclic) bond motifs is 1. The first-order chi connectivity index (χ1) is 13.2. The minimum Gasteiger partial charge on any atom is -0.454 e. The monoisotopic (exact) mass is 505 g/mol. The molecule has 0 saturated heterocycles. The third kappa shape index (κ3) is 6.11. The third-order valence-corrected chi connectivity index (χ3v) is 3.82. The molecule has 0 saturated carbocycles. The molecule has 2 N–H and O–H groups in total. The van der Waals surface area contributed by atoms with E-state index in [1.807, 2.05) is 37.3 Å². The number of nitrogens with one attached hydrogen (secondary N) is 2. The number of hydrogen-bond acceptors (Lipinski definition) is 4. The van der Waals surface area contributed by atoms with Crippen molar-refractivity contribution >= 4 is 29.9 Å². The van der Waals surface area contributed by atoms with Gasteiger partial charge < -0.3 is 24.8 Å². The fourth-order valence-corrected chi connectivity index (χ4v) is 2.58. The molecular formula is C19H22F2IN3O3. The normalized spacial score (nSPS) is 12.5. The second-order valence-electron chi connectivity index (χ2n) is 5.73. The molecule has 0 aromatic heterocycles. The predicted molar refractivity (Wildman–Crippen MR) is 113 cm³/mol. The van der Waals surface area contributed by atoms with Crippen LogP contribution in [0.1, 0.15) is 18.1 Å². The van der Waals surface area contributed by atoms with Crippen molar-refractivity contribution < 1.29 is 23.0 Å². The van der Waals surface area contributed by atoms with E-state index in [2.05, 4.69) is 20.4 Å². The maximum atomic E-state index is 12.7. The van der Waals surface area contributed by atoms with Gasteiger partial charge in [-0.05, 0) is 18.6 Å². The van der Waals surface area contributed by atoms with Crippen LogP contribution in [-0.4, -0.2) is 25.9 Å². The Morgan fingerprint density at radius 1 is 1.14 bits per heavy atom. The Morgan fingerprint density at radius 3 is 2.54 bits per heavy atom. The molecule has 6 nitrogen and oxygen atoms in total. The highest BCUT2D eigenvalue weighted by Gasteiger charge is 2.20. The maximum absolute atomic E-state index is 12.7. The smallest absolute Gasteiger partial charge is 0.387 e. The summed E-state index contributed by atoms with van der Waals surface area (Å²) >= 11 is 0. The average molecular weight is 505 g/mol. The molecule has 0 aliphatic carbocycles. The van der Waals surface area contributed by atoms with Gasteiger partial charge >= 0.3 is 6.61 Å². The van der Waals surface area contributed by atoms with Crippen molar-refractivity contribution in [2.24, 2.45) is 4.99 Å². The SMILES string of the molecule is CCNC(=NCc1ccccc1)NCc1cc2c(cc1OC(F)F)OCO2.I. The van der Waals surface area contributed by atoms with Gasteiger partial charge in [0, 0.05) is 24.7 Å². The standard InChI is InChI=1S/C19H21F2N3O3.HI/c1-2-22-19(23-10-13-6-4-3-5-7-13)24-11-14-8-16-17(26-12-25-16)9-15(14)27-18(20)21;/h3-9,18H,2,10-12H2,1H3,(H2,22,23,24);1H. The molecule has 9 heteroatoms. The quantitative estimate of drug-likeness (QED) is 0.340. The lowest BCUT2D eigenvalue weighted by molar-refractivity contribution is -0.0505. The molecule has 152 valence electrons. The van der Waals surface area contributed by atoms with E-state index >= 15 is 0 Å². The summed E-state index contributed by atoms with van der Waals surface area (Å²) in [4.78, 5) is 4.51. The molecule has 28 heavy (non-hydrogen) atoms. The van der Waals surface area contributed by atoms with E-state index in [1.54, 1.807) is 6.07 Å². The topological polar surface area (TPSA) is 64.1 Å². The van der Waals surface area contributed by atoms with E-state index in [1.165, 1.54) is 6.07 Å². The van der Waals surface area contributed by atoms with Crippen molar-refractivity contribution in [3.8, 4) is 17.2 Å². The van der Waals surface area contributed by atoms with Crippen molar-refractivity contribution in [2.75, 3.05) is 13.3 Å². The van der Waals surface area contributed by atoms with Gasteiger partial charge in [0.05, 0.1) is 6.54 Å². The summed E-state index contributed by atoms with van der Waals surface area (Å²) in [7, 11) is 0. The number of rotatable bonds is 7. The fourth-order valence-electron chi connectivity index (χ4n) is 2.58. The number of benzene rings is 2. The Kier molecular flexibility index (Phi) is 8.55. The third-order valence-electron chi connectivity index (χ3n) is 3.82. The van der Waals surface area contributed by atoms with Crippen LogP contribution in [0.5, 0.6) is 17.2 Å². The van der Waals surface area contributed by atoms with Crippen LogP contribution in [0.15, 0.2) is 47.5 Å². The summed E-state index contributed by atoms with van der Waals surface area (Å²) in [6.07, 6.45) is 0. The number of nitrogens with zero attached hydrogens (tertiary/aromatic N) is 1. The van der Waals surface area contributed by atoms with Gasteiger partial charge in [0.1, 0.15) is 5.75 Å². The molecule has 0 atom stereocenters. The van der Waals surface area contributed by atoms with Crippen LogP contribution >= 0.6 is 24.0 Å². The number of alkyl halides is 2. The number of guanidine groups is 1. The zero-order chi connectivity index (χ0) is 19.1. The van der Waals surface area contributed by atoms with Gasteiger partial charge in [-0.25, -0.2) is 4.99 Å². The van der Waals surface area contributed by atoms with Gasteiger partial charge in [0.2, 0.25) is 6.79 Å².